The first kappa shape index (κ1) is 15.8. The van der Waals surface area contributed by atoms with Gasteiger partial charge in [-0.15, -0.1) is 0 Å². The van der Waals surface area contributed by atoms with Gasteiger partial charge in [-0.2, -0.15) is 0 Å². The zero-order valence-electron chi connectivity index (χ0n) is 11.6. The van der Waals surface area contributed by atoms with Crippen LogP contribution in [0.4, 0.5) is 0 Å². The van der Waals surface area contributed by atoms with Crippen molar-refractivity contribution >= 4 is 21.4 Å². The predicted octanol–water partition coefficient (Wildman–Crippen LogP) is 3.16. The Morgan fingerprint density at radius 2 is 1.75 bits per heavy atom. The van der Waals surface area contributed by atoms with Crippen LogP contribution in [0.1, 0.15) is 37.7 Å². The highest BCUT2D eigenvalue weighted by Gasteiger charge is 2.25. The van der Waals surface area contributed by atoms with Gasteiger partial charge in [-0.1, -0.05) is 43.0 Å². The summed E-state index contributed by atoms with van der Waals surface area (Å²) in [7, 11) is -3.16. The van der Waals surface area contributed by atoms with Crippen molar-refractivity contribution in [2.45, 2.75) is 43.9 Å². The molecule has 1 aliphatic carbocycles. The highest BCUT2D eigenvalue weighted by molar-refractivity contribution is 7.90. The number of sulfone groups is 1. The van der Waals surface area contributed by atoms with Crippen molar-refractivity contribution in [3.63, 3.8) is 0 Å². The van der Waals surface area contributed by atoms with E-state index in [9.17, 15) is 8.42 Å². The van der Waals surface area contributed by atoms with Crippen molar-refractivity contribution in [3.8, 4) is 0 Å². The van der Waals surface area contributed by atoms with E-state index in [4.69, 9.17) is 17.3 Å². The molecule has 0 aliphatic heterocycles. The third-order valence-electron chi connectivity index (χ3n) is 4.00. The average Bonchev–Trinajstić information content (AvgIpc) is 2.41. The Balaban J connectivity index is 1.94. The van der Waals surface area contributed by atoms with Crippen LogP contribution < -0.4 is 5.73 Å². The van der Waals surface area contributed by atoms with Gasteiger partial charge in [0.2, 0.25) is 0 Å². The third kappa shape index (κ3) is 4.76. The standard InChI is InChI=1S/C15H22ClNO2S/c16-14-8-6-12(7-9-14)10-20(18,19)11-15(17)13-4-2-1-3-5-13/h6-9,13,15H,1-5,10-11,17H2. The lowest BCUT2D eigenvalue weighted by molar-refractivity contribution is 0.317. The molecule has 0 amide bonds. The van der Waals surface area contributed by atoms with E-state index >= 15 is 0 Å². The number of hydrogen-bond donors (Lipinski definition) is 1. The maximum absolute atomic E-state index is 12.2. The van der Waals surface area contributed by atoms with Gasteiger partial charge in [0.05, 0.1) is 11.5 Å². The van der Waals surface area contributed by atoms with E-state index in [1.807, 2.05) is 0 Å². The lowest BCUT2D eigenvalue weighted by atomic mass is 9.85. The Morgan fingerprint density at radius 1 is 1.15 bits per heavy atom. The fourth-order valence-corrected chi connectivity index (χ4v) is 4.69. The average molecular weight is 316 g/mol. The number of benzene rings is 1. The molecule has 5 heteroatoms. The second-order valence-electron chi connectivity index (χ2n) is 5.74. The van der Waals surface area contributed by atoms with Gasteiger partial charge in [-0.3, -0.25) is 0 Å². The normalized spacial score (nSPS) is 18.9. The topological polar surface area (TPSA) is 60.2 Å². The van der Waals surface area contributed by atoms with Gasteiger partial charge in [-0.25, -0.2) is 8.42 Å². The molecule has 1 aliphatic rings. The highest BCUT2D eigenvalue weighted by atomic mass is 35.5. The van der Waals surface area contributed by atoms with Gasteiger partial charge < -0.3 is 5.73 Å². The molecule has 1 unspecified atom stereocenters. The fraction of sp³-hybridized carbons (Fsp3) is 0.600. The lowest BCUT2D eigenvalue weighted by Gasteiger charge is -2.27. The van der Waals surface area contributed by atoms with E-state index in [2.05, 4.69) is 0 Å². The summed E-state index contributed by atoms with van der Waals surface area (Å²) in [6.45, 7) is 0. The number of hydrogen-bond acceptors (Lipinski definition) is 3. The highest BCUT2D eigenvalue weighted by Crippen LogP contribution is 2.26. The summed E-state index contributed by atoms with van der Waals surface area (Å²) in [6, 6.07) is 6.71. The first-order valence-electron chi connectivity index (χ1n) is 7.17. The SMILES string of the molecule is NC(CS(=O)(=O)Cc1ccc(Cl)cc1)C1CCCCC1. The Labute approximate surface area is 126 Å². The van der Waals surface area contributed by atoms with Crippen molar-refractivity contribution in [1.82, 2.24) is 0 Å². The van der Waals surface area contributed by atoms with E-state index < -0.39 is 9.84 Å². The maximum Gasteiger partial charge on any atom is 0.155 e. The molecular weight excluding hydrogens is 294 g/mol. The first-order chi connectivity index (χ1) is 9.46. The second kappa shape index (κ2) is 6.92. The maximum atomic E-state index is 12.2. The lowest BCUT2D eigenvalue weighted by Crippen LogP contribution is -2.38. The molecular formula is C15H22ClNO2S. The van der Waals surface area contributed by atoms with E-state index in [1.54, 1.807) is 24.3 Å². The molecule has 0 heterocycles. The van der Waals surface area contributed by atoms with Gasteiger partial charge in [-0.05, 0) is 36.5 Å². The first-order valence-corrected chi connectivity index (χ1v) is 9.37. The second-order valence-corrected chi connectivity index (χ2v) is 8.29. The molecule has 0 radical (unpaired) electrons. The molecule has 2 N–H and O–H groups in total. The molecule has 1 atom stereocenters. The molecule has 0 bridgehead atoms. The molecule has 20 heavy (non-hydrogen) atoms. The molecule has 0 aromatic heterocycles. The van der Waals surface area contributed by atoms with Crippen LogP contribution in [0, 0.1) is 5.92 Å². The Bertz CT molecular complexity index is 521. The smallest absolute Gasteiger partial charge is 0.155 e. The molecule has 0 spiro atoms. The summed E-state index contributed by atoms with van der Waals surface area (Å²) in [5, 5.41) is 0.616. The number of rotatable bonds is 5. The minimum Gasteiger partial charge on any atom is -0.327 e. The van der Waals surface area contributed by atoms with Gasteiger partial charge in [0.1, 0.15) is 0 Å². The number of halogens is 1. The third-order valence-corrected chi connectivity index (χ3v) is 5.92. The van der Waals surface area contributed by atoms with Gasteiger partial charge in [0.25, 0.3) is 0 Å². The van der Waals surface area contributed by atoms with Gasteiger partial charge in [0, 0.05) is 11.1 Å². The van der Waals surface area contributed by atoms with Gasteiger partial charge in [0.15, 0.2) is 9.84 Å². The molecule has 1 aromatic carbocycles. The van der Waals surface area contributed by atoms with Crippen LogP contribution in [0.15, 0.2) is 24.3 Å². The zero-order chi connectivity index (χ0) is 14.6. The summed E-state index contributed by atoms with van der Waals surface area (Å²) >= 11 is 5.80. The Hall–Kier alpha value is -0.580. The Morgan fingerprint density at radius 3 is 2.35 bits per heavy atom. The molecule has 2 rings (SSSR count). The van der Waals surface area contributed by atoms with Crippen molar-refractivity contribution in [3.05, 3.63) is 34.9 Å². The minimum absolute atomic E-state index is 0.0462. The van der Waals surface area contributed by atoms with Crippen LogP contribution >= 0.6 is 11.6 Å². The van der Waals surface area contributed by atoms with E-state index in [1.165, 1.54) is 19.3 Å². The predicted molar refractivity (Wildman–Crippen MR) is 83.5 cm³/mol. The van der Waals surface area contributed by atoms with E-state index in [0.29, 0.717) is 10.9 Å². The zero-order valence-corrected chi connectivity index (χ0v) is 13.2. The fourth-order valence-electron chi connectivity index (χ4n) is 2.89. The van der Waals surface area contributed by atoms with Crippen molar-refractivity contribution in [2.24, 2.45) is 11.7 Å². The van der Waals surface area contributed by atoms with Crippen LogP contribution in [0.5, 0.6) is 0 Å². The summed E-state index contributed by atoms with van der Waals surface area (Å²) in [4.78, 5) is 0. The van der Waals surface area contributed by atoms with Crippen LogP contribution in [0.3, 0.4) is 0 Å². The number of nitrogens with two attached hydrogens (primary N) is 1. The van der Waals surface area contributed by atoms with Gasteiger partial charge >= 0.3 is 0 Å². The van der Waals surface area contributed by atoms with Crippen molar-refractivity contribution < 1.29 is 8.42 Å². The summed E-state index contributed by atoms with van der Waals surface area (Å²) in [5.41, 5.74) is 6.88. The summed E-state index contributed by atoms with van der Waals surface area (Å²) in [5.74, 6) is 0.494. The van der Waals surface area contributed by atoms with Crippen LogP contribution in [0.25, 0.3) is 0 Å². The van der Waals surface area contributed by atoms with E-state index in [0.717, 1.165) is 18.4 Å². The quantitative estimate of drug-likeness (QED) is 0.908. The monoisotopic (exact) mass is 315 g/mol. The summed E-state index contributed by atoms with van der Waals surface area (Å²) in [6.07, 6.45) is 5.74. The van der Waals surface area contributed by atoms with E-state index in [-0.39, 0.29) is 17.5 Å². The van der Waals surface area contributed by atoms with Crippen LogP contribution in [0.2, 0.25) is 5.02 Å². The van der Waals surface area contributed by atoms with Crippen LogP contribution in [-0.2, 0) is 15.6 Å². The molecule has 1 aromatic rings. The molecule has 3 nitrogen and oxygen atoms in total. The van der Waals surface area contributed by atoms with Crippen molar-refractivity contribution in [1.29, 1.82) is 0 Å². The molecule has 1 saturated carbocycles. The molecule has 0 saturated heterocycles. The Kier molecular flexibility index (Phi) is 5.47. The van der Waals surface area contributed by atoms with Crippen molar-refractivity contribution in [2.75, 3.05) is 5.75 Å². The largest absolute Gasteiger partial charge is 0.327 e. The minimum atomic E-state index is -3.16. The molecule has 112 valence electrons. The molecule has 1 fully saturated rings. The van der Waals surface area contributed by atoms with Crippen LogP contribution in [-0.4, -0.2) is 20.2 Å². The summed E-state index contributed by atoms with van der Waals surface area (Å²) < 4.78 is 24.4.